The Bertz CT molecular complexity index is 703. The summed E-state index contributed by atoms with van der Waals surface area (Å²) < 4.78 is 0. The van der Waals surface area contributed by atoms with Crippen LogP contribution < -0.4 is 11.1 Å². The zero-order chi connectivity index (χ0) is 16.7. The first kappa shape index (κ1) is 15.8. The van der Waals surface area contributed by atoms with Crippen LogP contribution >= 0.6 is 0 Å². The molecule has 5 heteroatoms. The Balaban J connectivity index is 2.00. The van der Waals surface area contributed by atoms with E-state index in [1.807, 2.05) is 50.2 Å². The van der Waals surface area contributed by atoms with Crippen LogP contribution in [-0.2, 0) is 5.66 Å². The summed E-state index contributed by atoms with van der Waals surface area (Å²) in [6.45, 7) is 3.67. The highest BCUT2D eigenvalue weighted by molar-refractivity contribution is 6.00. The Morgan fingerprint density at radius 3 is 2.17 bits per heavy atom. The second-order valence-corrected chi connectivity index (χ2v) is 6.36. The normalized spacial score (nSPS) is 27.0. The average Bonchev–Trinajstić information content (AvgIpc) is 2.77. The molecule has 5 nitrogen and oxygen atoms in total. The standard InChI is InChI=1S/C18H20N3O2/c1-17(2)18(19,14-11-7-4-8-12-14)21(23)16(20-17)15(22)13-9-5-3-6-10-13/h3-12,16,20H,19H2,1-2H3/q-1. The molecule has 0 spiro atoms. The van der Waals surface area contributed by atoms with Crippen LogP contribution in [-0.4, -0.2) is 22.6 Å². The van der Waals surface area contributed by atoms with Gasteiger partial charge in [0.15, 0.2) is 5.78 Å². The van der Waals surface area contributed by atoms with Crippen molar-refractivity contribution in [3.8, 4) is 0 Å². The molecule has 0 saturated carbocycles. The summed E-state index contributed by atoms with van der Waals surface area (Å²) >= 11 is 0. The number of hydrogen-bond acceptors (Lipinski definition) is 5. The van der Waals surface area contributed by atoms with Gasteiger partial charge in [0.05, 0.1) is 0 Å². The number of hydroxylamine groups is 2. The van der Waals surface area contributed by atoms with E-state index in [0.717, 1.165) is 0 Å². The molecular weight excluding hydrogens is 290 g/mol. The zero-order valence-corrected chi connectivity index (χ0v) is 13.2. The highest BCUT2D eigenvalue weighted by Gasteiger charge is 2.54. The maximum Gasteiger partial charge on any atom is 0.193 e. The molecule has 2 unspecified atom stereocenters. The minimum Gasteiger partial charge on any atom is -0.782 e. The fourth-order valence-electron chi connectivity index (χ4n) is 3.10. The number of nitrogens with one attached hydrogen (secondary N) is 1. The van der Waals surface area contributed by atoms with Gasteiger partial charge in [0.1, 0.15) is 11.8 Å². The van der Waals surface area contributed by atoms with E-state index in [-0.39, 0.29) is 5.78 Å². The fourth-order valence-corrected chi connectivity index (χ4v) is 3.10. The van der Waals surface area contributed by atoms with Crippen LogP contribution in [0.1, 0.15) is 29.8 Å². The van der Waals surface area contributed by atoms with E-state index in [1.165, 1.54) is 0 Å². The number of rotatable bonds is 3. The average molecular weight is 310 g/mol. The first-order valence-corrected chi connectivity index (χ1v) is 7.56. The summed E-state index contributed by atoms with van der Waals surface area (Å²) in [5.74, 6) is -0.281. The number of benzene rings is 2. The molecule has 0 amide bonds. The Hall–Kier alpha value is -2.05. The number of nitrogens with zero attached hydrogens (tertiary/aromatic N) is 1. The summed E-state index contributed by atoms with van der Waals surface area (Å²) in [4.78, 5) is 12.7. The highest BCUT2D eigenvalue weighted by atomic mass is 16.5. The van der Waals surface area contributed by atoms with Crippen LogP contribution in [0.15, 0.2) is 60.7 Å². The van der Waals surface area contributed by atoms with Crippen molar-refractivity contribution in [1.29, 1.82) is 0 Å². The van der Waals surface area contributed by atoms with E-state index in [4.69, 9.17) is 5.73 Å². The van der Waals surface area contributed by atoms with Crippen molar-refractivity contribution >= 4 is 5.78 Å². The van der Waals surface area contributed by atoms with E-state index in [2.05, 4.69) is 5.32 Å². The van der Waals surface area contributed by atoms with Gasteiger partial charge in [0.2, 0.25) is 0 Å². The largest absolute Gasteiger partial charge is 0.782 e. The van der Waals surface area contributed by atoms with Gasteiger partial charge in [-0.15, -0.1) is 0 Å². The molecule has 3 N–H and O–H groups in total. The van der Waals surface area contributed by atoms with E-state index in [1.54, 1.807) is 24.3 Å². The van der Waals surface area contributed by atoms with Gasteiger partial charge < -0.3 is 16.0 Å². The van der Waals surface area contributed by atoms with Crippen molar-refractivity contribution in [1.82, 2.24) is 10.4 Å². The van der Waals surface area contributed by atoms with Gasteiger partial charge in [-0.3, -0.25) is 10.1 Å². The molecule has 3 rings (SSSR count). The summed E-state index contributed by atoms with van der Waals surface area (Å²) in [6.07, 6.45) is -1.02. The van der Waals surface area contributed by atoms with Gasteiger partial charge in [0, 0.05) is 11.1 Å². The second kappa shape index (κ2) is 5.54. The molecule has 120 valence electrons. The van der Waals surface area contributed by atoms with Crippen LogP contribution in [0.25, 0.3) is 0 Å². The first-order valence-electron chi connectivity index (χ1n) is 7.56. The molecule has 1 saturated heterocycles. The lowest BCUT2D eigenvalue weighted by atomic mass is 9.84. The summed E-state index contributed by atoms with van der Waals surface area (Å²) in [5, 5.41) is 16.8. The first-order chi connectivity index (χ1) is 10.9. The number of nitrogens with two attached hydrogens (primary N) is 1. The third-order valence-corrected chi connectivity index (χ3v) is 4.55. The van der Waals surface area contributed by atoms with Crippen molar-refractivity contribution in [3.63, 3.8) is 0 Å². The molecule has 23 heavy (non-hydrogen) atoms. The molecule has 2 aromatic rings. The van der Waals surface area contributed by atoms with Crippen molar-refractivity contribution in [2.24, 2.45) is 5.73 Å². The second-order valence-electron chi connectivity index (χ2n) is 6.36. The van der Waals surface area contributed by atoms with Crippen molar-refractivity contribution in [2.75, 3.05) is 0 Å². The lowest BCUT2D eigenvalue weighted by Crippen LogP contribution is -2.60. The number of Topliss-reactive ketones (excluding diaryl/α,β-unsaturated/α-hetero) is 1. The number of ketones is 1. The lowest BCUT2D eigenvalue weighted by molar-refractivity contribution is 0.0792. The Kier molecular flexibility index (Phi) is 3.82. The predicted octanol–water partition coefficient (Wildman–Crippen LogP) is 2.19. The van der Waals surface area contributed by atoms with Crippen molar-refractivity contribution in [2.45, 2.75) is 31.2 Å². The summed E-state index contributed by atoms with van der Waals surface area (Å²) in [7, 11) is 0. The van der Waals surface area contributed by atoms with Gasteiger partial charge in [-0.2, -0.15) is 0 Å². The van der Waals surface area contributed by atoms with Crippen LogP contribution in [0.2, 0.25) is 0 Å². The number of hydrogen-bond donors (Lipinski definition) is 2. The lowest BCUT2D eigenvalue weighted by Gasteiger charge is -2.47. The summed E-state index contributed by atoms with van der Waals surface area (Å²) in [5.41, 5.74) is 5.57. The fraction of sp³-hybridized carbons (Fsp3) is 0.278. The Morgan fingerprint density at radius 1 is 1.09 bits per heavy atom. The monoisotopic (exact) mass is 310 g/mol. The van der Waals surface area contributed by atoms with Gasteiger partial charge in [-0.05, 0) is 19.4 Å². The van der Waals surface area contributed by atoms with Crippen LogP contribution in [0, 0.1) is 5.21 Å². The third-order valence-electron chi connectivity index (χ3n) is 4.55. The smallest absolute Gasteiger partial charge is 0.193 e. The van der Waals surface area contributed by atoms with E-state index in [0.29, 0.717) is 16.2 Å². The molecule has 0 radical (unpaired) electrons. The minimum atomic E-state index is -1.33. The van der Waals surface area contributed by atoms with Gasteiger partial charge in [-0.25, -0.2) is 0 Å². The third kappa shape index (κ3) is 2.38. The van der Waals surface area contributed by atoms with E-state index in [9.17, 15) is 10.0 Å². The Labute approximate surface area is 135 Å². The molecule has 1 heterocycles. The Morgan fingerprint density at radius 2 is 1.61 bits per heavy atom. The summed E-state index contributed by atoms with van der Waals surface area (Å²) in [6, 6.07) is 17.9. The molecular formula is C18H20N3O2-. The quantitative estimate of drug-likeness (QED) is 0.849. The topological polar surface area (TPSA) is 81.4 Å². The van der Waals surface area contributed by atoms with Crippen LogP contribution in [0.4, 0.5) is 0 Å². The van der Waals surface area contributed by atoms with Crippen LogP contribution in [0.3, 0.4) is 0 Å². The molecule has 1 aliphatic heterocycles. The molecule has 0 aliphatic carbocycles. The zero-order valence-electron chi connectivity index (χ0n) is 13.2. The maximum absolute atomic E-state index is 13.0. The number of carbonyl (C=O) groups excluding carboxylic acids is 1. The minimum absolute atomic E-state index is 0.281. The van der Waals surface area contributed by atoms with E-state index >= 15 is 0 Å². The number of carbonyl (C=O) groups is 1. The molecule has 2 atom stereocenters. The predicted molar refractivity (Wildman–Crippen MR) is 89.3 cm³/mol. The molecule has 1 fully saturated rings. The molecule has 0 bridgehead atoms. The SMILES string of the molecule is CC1(C)NC(C(=O)c2ccccc2)N([O-])C1(N)c1ccccc1. The molecule has 2 aromatic carbocycles. The maximum atomic E-state index is 13.0. The molecule has 1 aliphatic rings. The highest BCUT2D eigenvalue weighted by Crippen LogP contribution is 2.40. The van der Waals surface area contributed by atoms with E-state index < -0.39 is 17.4 Å². The van der Waals surface area contributed by atoms with Gasteiger partial charge >= 0.3 is 0 Å². The van der Waals surface area contributed by atoms with Gasteiger partial charge in [0.25, 0.3) is 0 Å². The van der Waals surface area contributed by atoms with Crippen molar-refractivity contribution < 1.29 is 4.79 Å². The molecule has 0 aromatic heterocycles. The van der Waals surface area contributed by atoms with Crippen molar-refractivity contribution in [3.05, 3.63) is 77.0 Å². The van der Waals surface area contributed by atoms with Gasteiger partial charge in [-0.1, -0.05) is 60.7 Å². The van der Waals surface area contributed by atoms with Crippen LogP contribution in [0.5, 0.6) is 0 Å².